The lowest BCUT2D eigenvalue weighted by Gasteiger charge is -2.37. The molecule has 6 rings (SSSR count). The van der Waals surface area contributed by atoms with E-state index >= 15 is 0 Å². The molecular weight excluding hydrogens is 460 g/mol. The van der Waals surface area contributed by atoms with Gasteiger partial charge in [0.25, 0.3) is 0 Å². The monoisotopic (exact) mass is 488 g/mol. The Bertz CT molecular complexity index is 1430. The number of hydrogen-bond acceptors (Lipinski definition) is 7. The smallest absolute Gasteiger partial charge is 0.336 e. The Balaban J connectivity index is 1.16. The summed E-state index contributed by atoms with van der Waals surface area (Å²) in [6.07, 6.45) is 3.36. The van der Waals surface area contributed by atoms with Gasteiger partial charge in [-0.1, -0.05) is 12.1 Å². The lowest BCUT2D eigenvalue weighted by atomic mass is 9.78. The Morgan fingerprint density at radius 2 is 1.81 bits per heavy atom. The fourth-order valence-electron chi connectivity index (χ4n) is 5.53. The average molecular weight is 489 g/mol. The summed E-state index contributed by atoms with van der Waals surface area (Å²) in [5.74, 6) is 1.24. The van der Waals surface area contributed by atoms with E-state index in [1.807, 2.05) is 44.2 Å². The topological polar surface area (TPSA) is 84.2 Å². The van der Waals surface area contributed by atoms with Gasteiger partial charge in [0.15, 0.2) is 17.3 Å². The van der Waals surface area contributed by atoms with E-state index in [1.165, 1.54) is 6.07 Å². The first-order chi connectivity index (χ1) is 17.5. The molecule has 0 N–H and O–H groups in total. The van der Waals surface area contributed by atoms with Gasteiger partial charge in [0.2, 0.25) is 0 Å². The van der Waals surface area contributed by atoms with Crippen LogP contribution in [-0.2, 0) is 20.9 Å². The zero-order valence-corrected chi connectivity index (χ0v) is 20.4. The highest BCUT2D eigenvalue weighted by molar-refractivity contribution is 6.22. The quantitative estimate of drug-likeness (QED) is 0.484. The van der Waals surface area contributed by atoms with Crippen molar-refractivity contribution in [1.29, 1.82) is 0 Å². The molecule has 3 heterocycles. The Morgan fingerprint density at radius 3 is 2.67 bits per heavy atom. The maximum Gasteiger partial charge on any atom is 0.336 e. The number of allylic oxidation sites excluding steroid dienone is 1. The second-order valence-electron chi connectivity index (χ2n) is 9.83. The normalized spacial score (nSPS) is 23.1. The molecule has 0 bridgehead atoms. The van der Waals surface area contributed by atoms with Gasteiger partial charge in [-0.3, -0.25) is 4.79 Å². The Morgan fingerprint density at radius 1 is 0.972 bits per heavy atom. The van der Waals surface area contributed by atoms with E-state index in [1.54, 1.807) is 6.26 Å². The zero-order valence-electron chi connectivity index (χ0n) is 20.4. The first-order valence-corrected chi connectivity index (χ1v) is 12.4. The summed E-state index contributed by atoms with van der Waals surface area (Å²) in [5.41, 5.74) is 4.42. The predicted molar refractivity (Wildman–Crippen MR) is 133 cm³/mol. The van der Waals surface area contributed by atoms with Crippen LogP contribution >= 0.6 is 0 Å². The highest BCUT2D eigenvalue weighted by atomic mass is 16.6. The number of carbonyl (C=O) groups is 1. The highest BCUT2D eigenvalue weighted by Gasteiger charge is 2.41. The summed E-state index contributed by atoms with van der Waals surface area (Å²) in [7, 11) is 0. The van der Waals surface area contributed by atoms with Crippen LogP contribution in [0.15, 0.2) is 51.9 Å². The van der Waals surface area contributed by atoms with Gasteiger partial charge < -0.3 is 23.4 Å². The number of hydrogen-bond donors (Lipinski definition) is 0. The van der Waals surface area contributed by atoms with Gasteiger partial charge in [0.05, 0.1) is 30.5 Å². The van der Waals surface area contributed by atoms with Crippen molar-refractivity contribution in [2.45, 2.75) is 51.9 Å². The van der Waals surface area contributed by atoms with Crippen LogP contribution in [0.4, 0.5) is 0 Å². The minimum absolute atomic E-state index is 0.0588. The third-order valence-corrected chi connectivity index (χ3v) is 7.29. The molecule has 1 aliphatic carbocycles. The van der Waals surface area contributed by atoms with Crippen LogP contribution in [0.3, 0.4) is 0 Å². The first-order valence-electron chi connectivity index (χ1n) is 12.4. The summed E-state index contributed by atoms with van der Waals surface area (Å²) < 4.78 is 29.0. The third kappa shape index (κ3) is 4.17. The largest absolute Gasteiger partial charge is 0.496 e. The molecule has 3 unspecified atom stereocenters. The Kier molecular flexibility index (Phi) is 5.80. The molecule has 186 valence electrons. The Hall–Kier alpha value is -3.58. The average Bonchev–Trinajstić information content (AvgIpc) is 2.88. The summed E-state index contributed by atoms with van der Waals surface area (Å²) in [4.78, 5) is 25.5. The van der Waals surface area contributed by atoms with Crippen molar-refractivity contribution in [1.82, 2.24) is 0 Å². The standard InChI is InChI=1S/C29H28O7/c1-16-9-17(2)29-22(10-16)19(12-27(30)36-29)14-34-20-4-5-21-25(13-20)35-15-23(28(21)31)18-3-6-24-26(11-18)33-8-7-32-24/h3,6,9-12,15,20-21,25H,4-5,7-8,13-14H2,1-2H3. The SMILES string of the molecule is Cc1cc(C)c2oc(=O)cc(COC3CCC4C(=O)C(c5ccc6c(c5)OCCO6)=COC4C3)c2c1. The Labute approximate surface area is 208 Å². The first kappa shape index (κ1) is 22.9. The van der Waals surface area contributed by atoms with Crippen molar-refractivity contribution in [3.05, 3.63) is 75.3 Å². The van der Waals surface area contributed by atoms with Gasteiger partial charge in [0.1, 0.15) is 24.9 Å². The summed E-state index contributed by atoms with van der Waals surface area (Å²) in [6, 6.07) is 11.1. The van der Waals surface area contributed by atoms with Gasteiger partial charge >= 0.3 is 5.63 Å². The molecule has 2 aliphatic heterocycles. The van der Waals surface area contributed by atoms with Crippen molar-refractivity contribution < 1.29 is 28.2 Å². The van der Waals surface area contributed by atoms with Crippen LogP contribution in [0.1, 0.15) is 41.5 Å². The fourth-order valence-corrected chi connectivity index (χ4v) is 5.53. The van der Waals surface area contributed by atoms with E-state index < -0.39 is 0 Å². The van der Waals surface area contributed by atoms with Gasteiger partial charge in [-0.05, 0) is 67.1 Å². The minimum atomic E-state index is -0.380. The minimum Gasteiger partial charge on any atom is -0.496 e. The second-order valence-corrected chi connectivity index (χ2v) is 9.83. The molecule has 1 aromatic heterocycles. The molecule has 0 radical (unpaired) electrons. The van der Waals surface area contributed by atoms with Crippen LogP contribution < -0.4 is 15.1 Å². The van der Waals surface area contributed by atoms with E-state index in [0.29, 0.717) is 55.3 Å². The predicted octanol–water partition coefficient (Wildman–Crippen LogP) is 4.88. The van der Waals surface area contributed by atoms with Gasteiger partial charge in [-0.15, -0.1) is 0 Å². The van der Waals surface area contributed by atoms with Gasteiger partial charge in [0, 0.05) is 17.9 Å². The molecule has 1 fully saturated rings. The van der Waals surface area contributed by atoms with Crippen molar-refractivity contribution in [3.63, 3.8) is 0 Å². The number of rotatable bonds is 4. The molecule has 2 aromatic carbocycles. The number of carbonyl (C=O) groups excluding carboxylic acids is 1. The van der Waals surface area contributed by atoms with Crippen LogP contribution in [0.25, 0.3) is 16.5 Å². The maximum absolute atomic E-state index is 13.4. The molecule has 0 amide bonds. The molecule has 1 saturated carbocycles. The van der Waals surface area contributed by atoms with Crippen LogP contribution in [0, 0.1) is 19.8 Å². The van der Waals surface area contributed by atoms with E-state index in [-0.39, 0.29) is 29.5 Å². The molecular formula is C29H28O7. The summed E-state index contributed by atoms with van der Waals surface area (Å²) >= 11 is 0. The molecule has 0 saturated heterocycles. The van der Waals surface area contributed by atoms with Crippen LogP contribution in [-0.4, -0.2) is 31.2 Å². The van der Waals surface area contributed by atoms with Crippen molar-refractivity contribution in [2.24, 2.45) is 5.92 Å². The van der Waals surface area contributed by atoms with E-state index in [9.17, 15) is 9.59 Å². The molecule has 3 atom stereocenters. The molecule has 7 heteroatoms. The van der Waals surface area contributed by atoms with Crippen LogP contribution in [0.5, 0.6) is 11.5 Å². The number of aryl methyl sites for hydroxylation is 2. The number of ketones is 1. The van der Waals surface area contributed by atoms with Gasteiger partial charge in [-0.2, -0.15) is 0 Å². The third-order valence-electron chi connectivity index (χ3n) is 7.29. The lowest BCUT2D eigenvalue weighted by Crippen LogP contribution is -2.41. The maximum atomic E-state index is 13.4. The highest BCUT2D eigenvalue weighted by Crippen LogP contribution is 2.40. The van der Waals surface area contributed by atoms with Crippen LogP contribution in [0.2, 0.25) is 0 Å². The fraction of sp³-hybridized carbons (Fsp3) is 0.379. The lowest BCUT2D eigenvalue weighted by molar-refractivity contribution is -0.128. The summed E-state index contributed by atoms with van der Waals surface area (Å²) in [6.45, 7) is 5.29. The van der Waals surface area contributed by atoms with E-state index in [0.717, 1.165) is 34.1 Å². The molecule has 36 heavy (non-hydrogen) atoms. The van der Waals surface area contributed by atoms with Crippen molar-refractivity contribution in [3.8, 4) is 11.5 Å². The number of benzene rings is 2. The van der Waals surface area contributed by atoms with Gasteiger partial charge in [-0.25, -0.2) is 4.79 Å². The molecule has 7 nitrogen and oxygen atoms in total. The number of ether oxygens (including phenoxy) is 4. The van der Waals surface area contributed by atoms with Crippen molar-refractivity contribution in [2.75, 3.05) is 13.2 Å². The van der Waals surface area contributed by atoms with E-state index in [4.69, 9.17) is 23.4 Å². The zero-order chi connectivity index (χ0) is 24.8. The molecule has 0 spiro atoms. The number of fused-ring (bicyclic) bond motifs is 3. The molecule has 3 aromatic rings. The molecule has 3 aliphatic rings. The second kappa shape index (κ2) is 9.13. The summed E-state index contributed by atoms with van der Waals surface area (Å²) in [5, 5.41) is 0.900. The number of Topliss-reactive ketones (excluding diaryl/α,β-unsaturated/α-hetero) is 1. The van der Waals surface area contributed by atoms with E-state index in [2.05, 4.69) is 0 Å². The van der Waals surface area contributed by atoms with Crippen molar-refractivity contribution >= 4 is 22.3 Å².